The summed E-state index contributed by atoms with van der Waals surface area (Å²) in [7, 11) is 1.72. The minimum atomic E-state index is 0.185. The Morgan fingerprint density at radius 3 is 3.08 bits per heavy atom. The number of carbonyl (C=O) groups is 1. The molecule has 0 spiro atoms. The van der Waals surface area contributed by atoms with Gasteiger partial charge in [0, 0.05) is 44.2 Å². The number of fused-ring (bicyclic) bond motifs is 1. The number of pyridine rings is 1. The van der Waals surface area contributed by atoms with Gasteiger partial charge in [0.15, 0.2) is 5.96 Å². The van der Waals surface area contributed by atoms with Gasteiger partial charge in [0.05, 0.1) is 12.2 Å². The molecule has 7 heteroatoms. The third-order valence-corrected chi connectivity index (χ3v) is 5.20. The topological polar surface area (TPSA) is 69.6 Å². The SMILES string of the molecule is CN=C(NCCC(=O)N1CCc2sccc2C1)NCc1ccccn1. The second-order valence-electron chi connectivity index (χ2n) is 5.86. The fourth-order valence-corrected chi connectivity index (χ4v) is 3.69. The summed E-state index contributed by atoms with van der Waals surface area (Å²) in [6, 6.07) is 7.93. The molecule has 1 aliphatic heterocycles. The molecule has 0 fully saturated rings. The molecule has 0 unspecified atom stereocenters. The molecule has 3 heterocycles. The molecule has 2 aromatic rings. The normalized spacial score (nSPS) is 14.1. The summed E-state index contributed by atoms with van der Waals surface area (Å²) in [5, 5.41) is 8.50. The number of carbonyl (C=O) groups excluding carboxylic acids is 1. The first-order chi connectivity index (χ1) is 12.3. The van der Waals surface area contributed by atoms with E-state index in [2.05, 4.69) is 32.1 Å². The van der Waals surface area contributed by atoms with E-state index in [0.29, 0.717) is 25.5 Å². The highest BCUT2D eigenvalue weighted by Gasteiger charge is 2.20. The number of aromatic nitrogens is 1. The Morgan fingerprint density at radius 1 is 1.36 bits per heavy atom. The average Bonchev–Trinajstić information content (AvgIpc) is 3.13. The van der Waals surface area contributed by atoms with Crippen molar-refractivity contribution in [1.82, 2.24) is 20.5 Å². The molecule has 0 saturated carbocycles. The molecular formula is C18H23N5OS. The zero-order valence-electron chi connectivity index (χ0n) is 14.4. The molecule has 0 saturated heterocycles. The Kier molecular flexibility index (Phi) is 6.00. The van der Waals surface area contributed by atoms with Gasteiger partial charge in [-0.25, -0.2) is 0 Å². The molecule has 0 aromatic carbocycles. The van der Waals surface area contributed by atoms with Gasteiger partial charge < -0.3 is 15.5 Å². The van der Waals surface area contributed by atoms with Gasteiger partial charge in [-0.1, -0.05) is 6.07 Å². The highest BCUT2D eigenvalue weighted by molar-refractivity contribution is 7.10. The highest BCUT2D eigenvalue weighted by Crippen LogP contribution is 2.24. The van der Waals surface area contributed by atoms with Crippen LogP contribution in [0.3, 0.4) is 0 Å². The minimum absolute atomic E-state index is 0.185. The van der Waals surface area contributed by atoms with Crippen LogP contribution in [0.1, 0.15) is 22.6 Å². The summed E-state index contributed by atoms with van der Waals surface area (Å²) in [6.07, 6.45) is 3.20. The number of thiophene rings is 1. The molecule has 6 nitrogen and oxygen atoms in total. The molecule has 0 radical (unpaired) electrons. The summed E-state index contributed by atoms with van der Waals surface area (Å²) in [4.78, 5) is 24.2. The Hall–Kier alpha value is -2.41. The van der Waals surface area contributed by atoms with Crippen LogP contribution in [0, 0.1) is 0 Å². The van der Waals surface area contributed by atoms with Crippen molar-refractivity contribution in [1.29, 1.82) is 0 Å². The largest absolute Gasteiger partial charge is 0.356 e. The highest BCUT2D eigenvalue weighted by atomic mass is 32.1. The molecule has 1 aliphatic rings. The molecular weight excluding hydrogens is 334 g/mol. The predicted molar refractivity (Wildman–Crippen MR) is 100 cm³/mol. The Labute approximate surface area is 152 Å². The number of nitrogens with one attached hydrogen (secondary N) is 2. The number of aliphatic imine (C=N–C) groups is 1. The van der Waals surface area contributed by atoms with Crippen molar-refractivity contribution < 1.29 is 4.79 Å². The van der Waals surface area contributed by atoms with Crippen molar-refractivity contribution >= 4 is 23.2 Å². The van der Waals surface area contributed by atoms with E-state index < -0.39 is 0 Å². The Morgan fingerprint density at radius 2 is 2.28 bits per heavy atom. The third kappa shape index (κ3) is 4.79. The van der Waals surface area contributed by atoms with Gasteiger partial charge in [0.2, 0.25) is 5.91 Å². The lowest BCUT2D eigenvalue weighted by Crippen LogP contribution is -2.40. The second kappa shape index (κ2) is 8.62. The van der Waals surface area contributed by atoms with Crippen molar-refractivity contribution in [2.75, 3.05) is 20.1 Å². The first kappa shape index (κ1) is 17.4. The lowest BCUT2D eigenvalue weighted by atomic mass is 10.1. The van der Waals surface area contributed by atoms with Crippen LogP contribution in [0.25, 0.3) is 0 Å². The summed E-state index contributed by atoms with van der Waals surface area (Å²) in [5.41, 5.74) is 2.24. The number of hydrogen-bond acceptors (Lipinski definition) is 4. The van der Waals surface area contributed by atoms with E-state index >= 15 is 0 Å². The van der Waals surface area contributed by atoms with Crippen LogP contribution < -0.4 is 10.6 Å². The van der Waals surface area contributed by atoms with E-state index in [-0.39, 0.29) is 5.91 Å². The summed E-state index contributed by atoms with van der Waals surface area (Å²) < 4.78 is 0. The molecule has 0 bridgehead atoms. The summed E-state index contributed by atoms with van der Waals surface area (Å²) >= 11 is 1.79. The van der Waals surface area contributed by atoms with Crippen molar-refractivity contribution in [3.8, 4) is 0 Å². The van der Waals surface area contributed by atoms with Crippen LogP contribution in [-0.2, 0) is 24.3 Å². The van der Waals surface area contributed by atoms with Crippen LogP contribution in [0.2, 0.25) is 0 Å². The molecule has 25 heavy (non-hydrogen) atoms. The Bertz CT molecular complexity index is 728. The third-order valence-electron chi connectivity index (χ3n) is 4.18. The predicted octanol–water partition coefficient (Wildman–Crippen LogP) is 1.78. The van der Waals surface area contributed by atoms with Crippen LogP contribution in [-0.4, -0.2) is 41.9 Å². The van der Waals surface area contributed by atoms with E-state index in [9.17, 15) is 4.79 Å². The lowest BCUT2D eigenvalue weighted by Gasteiger charge is -2.27. The summed E-state index contributed by atoms with van der Waals surface area (Å²) in [6.45, 7) is 2.72. The van der Waals surface area contributed by atoms with Gasteiger partial charge in [-0.15, -0.1) is 11.3 Å². The van der Waals surface area contributed by atoms with E-state index in [1.807, 2.05) is 23.1 Å². The first-order valence-electron chi connectivity index (χ1n) is 8.43. The van der Waals surface area contributed by atoms with E-state index in [1.165, 1.54) is 10.4 Å². The van der Waals surface area contributed by atoms with E-state index in [1.54, 1.807) is 24.6 Å². The molecule has 1 amide bonds. The molecule has 3 rings (SSSR count). The monoisotopic (exact) mass is 357 g/mol. The number of guanidine groups is 1. The smallest absolute Gasteiger partial charge is 0.224 e. The van der Waals surface area contributed by atoms with Crippen molar-refractivity contribution in [3.05, 3.63) is 52.0 Å². The molecule has 0 aliphatic carbocycles. The van der Waals surface area contributed by atoms with Crippen LogP contribution in [0.4, 0.5) is 0 Å². The fourth-order valence-electron chi connectivity index (χ4n) is 2.80. The zero-order chi connectivity index (χ0) is 17.5. The molecule has 2 aromatic heterocycles. The van der Waals surface area contributed by atoms with Crippen molar-refractivity contribution in [3.63, 3.8) is 0 Å². The number of nitrogens with zero attached hydrogens (tertiary/aromatic N) is 3. The average molecular weight is 357 g/mol. The lowest BCUT2D eigenvalue weighted by molar-refractivity contribution is -0.131. The number of rotatable bonds is 5. The molecule has 0 atom stereocenters. The van der Waals surface area contributed by atoms with Gasteiger partial charge in [-0.05, 0) is 35.6 Å². The maximum Gasteiger partial charge on any atom is 0.224 e. The maximum atomic E-state index is 12.4. The van der Waals surface area contributed by atoms with E-state index in [4.69, 9.17) is 0 Å². The standard InChI is InChI=1S/C18H23N5OS/c1-19-18(22-12-15-4-2-3-8-20-15)21-9-5-17(24)23-10-6-16-14(13-23)7-11-25-16/h2-4,7-8,11H,5-6,9-10,12-13H2,1H3,(H2,19,21,22). The quantitative estimate of drug-likeness (QED) is 0.632. The Balaban J connectivity index is 1.40. The fraction of sp³-hybridized carbons (Fsp3) is 0.389. The number of amides is 1. The minimum Gasteiger partial charge on any atom is -0.356 e. The van der Waals surface area contributed by atoms with E-state index in [0.717, 1.165) is 25.2 Å². The second-order valence-corrected chi connectivity index (χ2v) is 6.86. The van der Waals surface area contributed by atoms with Crippen LogP contribution in [0.5, 0.6) is 0 Å². The van der Waals surface area contributed by atoms with Gasteiger partial charge >= 0.3 is 0 Å². The summed E-state index contributed by atoms with van der Waals surface area (Å²) in [5.74, 6) is 0.863. The van der Waals surface area contributed by atoms with Gasteiger partial charge in [-0.2, -0.15) is 0 Å². The van der Waals surface area contributed by atoms with Crippen molar-refractivity contribution in [2.24, 2.45) is 4.99 Å². The van der Waals surface area contributed by atoms with Gasteiger partial charge in [0.1, 0.15) is 0 Å². The first-order valence-corrected chi connectivity index (χ1v) is 9.31. The van der Waals surface area contributed by atoms with Crippen LogP contribution >= 0.6 is 11.3 Å². The van der Waals surface area contributed by atoms with Crippen LogP contribution in [0.15, 0.2) is 40.8 Å². The molecule has 2 N–H and O–H groups in total. The zero-order valence-corrected chi connectivity index (χ0v) is 15.2. The van der Waals surface area contributed by atoms with Gasteiger partial charge in [-0.3, -0.25) is 14.8 Å². The molecule has 132 valence electrons. The van der Waals surface area contributed by atoms with Crippen molar-refractivity contribution in [2.45, 2.75) is 25.9 Å². The number of hydrogen-bond donors (Lipinski definition) is 2. The van der Waals surface area contributed by atoms with Gasteiger partial charge in [0.25, 0.3) is 0 Å². The maximum absolute atomic E-state index is 12.4.